The van der Waals surface area contributed by atoms with Gasteiger partial charge in [0.2, 0.25) is 0 Å². The third kappa shape index (κ3) is 9.39. The first-order chi connectivity index (χ1) is 8.32. The van der Waals surface area contributed by atoms with Crippen LogP contribution in [0, 0.1) is 0 Å². The van der Waals surface area contributed by atoms with E-state index in [1.54, 1.807) is 13.8 Å². The van der Waals surface area contributed by atoms with E-state index in [-0.39, 0.29) is 42.8 Å². The van der Waals surface area contributed by atoms with Crippen molar-refractivity contribution in [2.24, 2.45) is 0 Å². The molecule has 0 radical (unpaired) electrons. The second-order valence-corrected chi connectivity index (χ2v) is 5.19. The van der Waals surface area contributed by atoms with Crippen LogP contribution >= 0.6 is 0 Å². The van der Waals surface area contributed by atoms with E-state index >= 15 is 0 Å². The molecule has 0 aromatic carbocycles. The summed E-state index contributed by atoms with van der Waals surface area (Å²) < 4.78 is 40.1. The van der Waals surface area contributed by atoms with Crippen LogP contribution in [0.4, 0.5) is 0 Å². The van der Waals surface area contributed by atoms with Crippen LogP contribution in [0.5, 0.6) is 0 Å². The van der Waals surface area contributed by atoms with Gasteiger partial charge in [-0.2, -0.15) is 8.42 Å². The van der Waals surface area contributed by atoms with Gasteiger partial charge < -0.3 is 9.47 Å². The molecule has 0 aliphatic carbocycles. The van der Waals surface area contributed by atoms with E-state index in [1.807, 2.05) is 0 Å². The molecule has 0 aliphatic heterocycles. The normalized spacial score (nSPS) is 12.2. The molecule has 9 heteroatoms. The molecule has 0 saturated carbocycles. The molecule has 0 heterocycles. The van der Waals surface area contributed by atoms with Crippen molar-refractivity contribution in [1.29, 1.82) is 0 Å². The van der Waals surface area contributed by atoms with Crippen LogP contribution in [0.15, 0.2) is 0 Å². The third-order valence-electron chi connectivity index (χ3n) is 1.89. The van der Waals surface area contributed by atoms with Crippen molar-refractivity contribution in [2.45, 2.75) is 38.4 Å². The van der Waals surface area contributed by atoms with Gasteiger partial charge in [-0.25, -0.2) is 0 Å². The van der Waals surface area contributed by atoms with Crippen molar-refractivity contribution < 1.29 is 32.0 Å². The number of hydrogen-bond acceptors (Lipinski definition) is 6. The van der Waals surface area contributed by atoms with E-state index in [4.69, 9.17) is 4.55 Å². The number of carbonyl (C=O) groups excluding carboxylic acids is 2. The summed E-state index contributed by atoms with van der Waals surface area (Å²) in [6, 6.07) is 0. The van der Waals surface area contributed by atoms with Crippen LogP contribution < -0.4 is 0 Å². The average molecular weight is 306 g/mol. The summed E-state index contributed by atoms with van der Waals surface area (Å²) in [5.41, 5.74) is 0. The Balaban J connectivity index is 0. The number of ether oxygens (including phenoxy) is 2. The molecule has 0 bridgehead atoms. The first-order valence-corrected chi connectivity index (χ1v) is 7.11. The maximum atomic E-state index is 11.4. The van der Waals surface area contributed by atoms with Crippen molar-refractivity contribution in [3.05, 3.63) is 0 Å². The summed E-state index contributed by atoms with van der Waals surface area (Å²) >= 11 is 0. The van der Waals surface area contributed by atoms with E-state index in [0.29, 0.717) is 12.8 Å². The standard InChI is InChI=1S/C10H18O7S.Na.H/c1-3-5-16-9(11)7-8(18(13,14)15)10(12)17-6-4-2;;/h8H,3-7H2,1-2H3,(H,13,14,15);;. The predicted molar refractivity (Wildman–Crippen MR) is 69.6 cm³/mol. The molecule has 0 amide bonds. The summed E-state index contributed by atoms with van der Waals surface area (Å²) in [5.74, 6) is -2.01. The Morgan fingerprint density at radius 2 is 1.58 bits per heavy atom. The Kier molecular flexibility index (Phi) is 11.8. The summed E-state index contributed by atoms with van der Waals surface area (Å²) in [6.07, 6.45) is 0.328. The zero-order valence-electron chi connectivity index (χ0n) is 10.4. The fraction of sp³-hybridized carbons (Fsp3) is 0.800. The van der Waals surface area contributed by atoms with Gasteiger partial charge in [0.05, 0.1) is 19.6 Å². The van der Waals surface area contributed by atoms with Crippen LogP contribution in [0.2, 0.25) is 0 Å². The number of rotatable bonds is 8. The Morgan fingerprint density at radius 3 is 2.00 bits per heavy atom. The number of hydrogen-bond donors (Lipinski definition) is 1. The van der Waals surface area contributed by atoms with Crippen molar-refractivity contribution >= 4 is 51.6 Å². The summed E-state index contributed by atoms with van der Waals surface area (Å²) in [5, 5.41) is -1.92. The van der Waals surface area contributed by atoms with Gasteiger partial charge in [-0.05, 0) is 12.8 Å². The summed E-state index contributed by atoms with van der Waals surface area (Å²) in [6.45, 7) is 3.64. The van der Waals surface area contributed by atoms with Crippen molar-refractivity contribution in [1.82, 2.24) is 0 Å². The quantitative estimate of drug-likeness (QED) is 0.379. The number of esters is 2. The SMILES string of the molecule is CCCOC(=O)CC(C(=O)OCCC)S(=O)(=O)O.[NaH]. The van der Waals surface area contributed by atoms with Gasteiger partial charge in [0.1, 0.15) is 0 Å². The van der Waals surface area contributed by atoms with Gasteiger partial charge in [-0.1, -0.05) is 13.8 Å². The van der Waals surface area contributed by atoms with Crippen LogP contribution in [-0.4, -0.2) is 72.9 Å². The van der Waals surface area contributed by atoms with Crippen molar-refractivity contribution in [3.63, 3.8) is 0 Å². The van der Waals surface area contributed by atoms with E-state index in [9.17, 15) is 18.0 Å². The molecule has 0 aliphatic rings. The Labute approximate surface area is 135 Å². The molecule has 0 aromatic heterocycles. The van der Waals surface area contributed by atoms with Gasteiger partial charge in [0.25, 0.3) is 10.1 Å². The fourth-order valence-electron chi connectivity index (χ4n) is 1.03. The van der Waals surface area contributed by atoms with Gasteiger partial charge >= 0.3 is 41.5 Å². The average Bonchev–Trinajstić information content (AvgIpc) is 2.28. The molecule has 0 rings (SSSR count). The zero-order valence-corrected chi connectivity index (χ0v) is 11.2. The minimum absolute atomic E-state index is 0. The molecule has 0 saturated heterocycles. The molecule has 0 aromatic rings. The van der Waals surface area contributed by atoms with Gasteiger partial charge in [-0.3, -0.25) is 14.1 Å². The van der Waals surface area contributed by atoms with Crippen LogP contribution in [-0.2, 0) is 29.2 Å². The Bertz CT molecular complexity index is 379. The molecule has 1 N–H and O–H groups in total. The molecule has 0 spiro atoms. The van der Waals surface area contributed by atoms with E-state index < -0.39 is 33.7 Å². The van der Waals surface area contributed by atoms with Gasteiger partial charge in [0.15, 0.2) is 5.25 Å². The van der Waals surface area contributed by atoms with Crippen molar-refractivity contribution in [3.8, 4) is 0 Å². The topological polar surface area (TPSA) is 107 Å². The Hall–Kier alpha value is -0.150. The molecule has 1 atom stereocenters. The molecule has 0 fully saturated rings. The predicted octanol–water partition coefficient (Wildman–Crippen LogP) is -0.109. The first-order valence-electron chi connectivity index (χ1n) is 5.61. The van der Waals surface area contributed by atoms with E-state index in [0.717, 1.165) is 0 Å². The third-order valence-corrected chi connectivity index (χ3v) is 2.97. The minimum atomic E-state index is -4.69. The van der Waals surface area contributed by atoms with Crippen molar-refractivity contribution in [2.75, 3.05) is 13.2 Å². The molecular formula is C10H19NaO7S. The number of carbonyl (C=O) groups is 2. The fourth-order valence-corrected chi connectivity index (χ4v) is 1.69. The molecule has 7 nitrogen and oxygen atoms in total. The summed E-state index contributed by atoms with van der Waals surface area (Å²) in [4.78, 5) is 22.6. The van der Waals surface area contributed by atoms with Crippen LogP contribution in [0.3, 0.4) is 0 Å². The Morgan fingerprint density at radius 1 is 1.11 bits per heavy atom. The molecule has 1 unspecified atom stereocenters. The van der Waals surface area contributed by atoms with Gasteiger partial charge in [-0.15, -0.1) is 0 Å². The van der Waals surface area contributed by atoms with E-state index in [2.05, 4.69) is 9.47 Å². The molecule has 19 heavy (non-hydrogen) atoms. The molecule has 108 valence electrons. The van der Waals surface area contributed by atoms with E-state index in [1.165, 1.54) is 0 Å². The molecular weight excluding hydrogens is 287 g/mol. The maximum absolute atomic E-state index is 11.4. The second kappa shape index (κ2) is 10.6. The zero-order chi connectivity index (χ0) is 14.2. The van der Waals surface area contributed by atoms with Crippen LogP contribution in [0.25, 0.3) is 0 Å². The van der Waals surface area contributed by atoms with Gasteiger partial charge in [0, 0.05) is 0 Å². The monoisotopic (exact) mass is 306 g/mol. The van der Waals surface area contributed by atoms with Crippen LogP contribution in [0.1, 0.15) is 33.1 Å². The first kappa shape index (κ1) is 21.2. The second-order valence-electron chi connectivity index (χ2n) is 3.60. The summed E-state index contributed by atoms with van der Waals surface area (Å²) in [7, 11) is -4.69.